The highest BCUT2D eigenvalue weighted by atomic mass is 32.2. The van der Waals surface area contributed by atoms with E-state index in [-0.39, 0.29) is 12.5 Å². The summed E-state index contributed by atoms with van der Waals surface area (Å²) in [5, 5.41) is 0. The fraction of sp³-hybridized carbons (Fsp3) is 0.292. The predicted molar refractivity (Wildman–Crippen MR) is 130 cm³/mol. The number of carbonyl (C=O) groups excluding carboxylic acids is 2. The number of esters is 1. The highest BCUT2D eigenvalue weighted by molar-refractivity contribution is 8.26. The molecule has 1 heterocycles. The van der Waals surface area contributed by atoms with E-state index in [2.05, 4.69) is 0 Å². The zero-order valence-electron chi connectivity index (χ0n) is 18.3. The summed E-state index contributed by atoms with van der Waals surface area (Å²) in [6.45, 7) is 4.50. The maximum absolute atomic E-state index is 12.7. The van der Waals surface area contributed by atoms with Gasteiger partial charge in [-0.1, -0.05) is 66.8 Å². The summed E-state index contributed by atoms with van der Waals surface area (Å²) in [6, 6.07) is 13.6. The van der Waals surface area contributed by atoms with Crippen molar-refractivity contribution in [3.8, 4) is 11.5 Å². The van der Waals surface area contributed by atoms with Gasteiger partial charge in [0.1, 0.15) is 17.5 Å². The van der Waals surface area contributed by atoms with Crippen molar-refractivity contribution in [2.45, 2.75) is 26.9 Å². The van der Waals surface area contributed by atoms with Crippen molar-refractivity contribution in [2.75, 3.05) is 20.3 Å². The molecule has 0 aliphatic carbocycles. The Morgan fingerprint density at radius 1 is 1.16 bits per heavy atom. The van der Waals surface area contributed by atoms with Crippen molar-refractivity contribution in [3.63, 3.8) is 0 Å². The van der Waals surface area contributed by atoms with Crippen molar-refractivity contribution < 1.29 is 23.8 Å². The van der Waals surface area contributed by atoms with Crippen molar-refractivity contribution in [2.24, 2.45) is 0 Å². The molecule has 0 aromatic heterocycles. The molecule has 0 bridgehead atoms. The lowest BCUT2D eigenvalue weighted by molar-refractivity contribution is -0.146. The van der Waals surface area contributed by atoms with Crippen LogP contribution in [-0.4, -0.2) is 41.4 Å². The lowest BCUT2D eigenvalue weighted by atomic mass is 10.1. The number of carbonyl (C=O) groups is 2. The van der Waals surface area contributed by atoms with Crippen LogP contribution >= 0.6 is 24.0 Å². The number of hydrogen-bond donors (Lipinski definition) is 0. The molecule has 1 amide bonds. The molecule has 168 valence electrons. The van der Waals surface area contributed by atoms with Gasteiger partial charge in [-0.05, 0) is 42.7 Å². The number of aryl methyl sites for hydroxylation is 1. The molecule has 3 rings (SSSR count). The van der Waals surface area contributed by atoms with Crippen molar-refractivity contribution in [1.29, 1.82) is 0 Å². The minimum absolute atomic E-state index is 0.183. The molecule has 0 unspecified atom stereocenters. The monoisotopic (exact) mass is 471 g/mol. The van der Waals surface area contributed by atoms with Gasteiger partial charge in [-0.25, -0.2) is 0 Å². The van der Waals surface area contributed by atoms with E-state index in [1.807, 2.05) is 50.2 Å². The first-order chi connectivity index (χ1) is 15.4. The van der Waals surface area contributed by atoms with Gasteiger partial charge in [-0.2, -0.15) is 0 Å². The van der Waals surface area contributed by atoms with E-state index in [0.29, 0.717) is 33.9 Å². The molecule has 1 aliphatic rings. The van der Waals surface area contributed by atoms with Gasteiger partial charge < -0.3 is 14.2 Å². The zero-order valence-corrected chi connectivity index (χ0v) is 19.9. The molecular weight excluding hydrogens is 446 g/mol. The lowest BCUT2D eigenvalue weighted by Gasteiger charge is -2.13. The van der Waals surface area contributed by atoms with Gasteiger partial charge in [-0.3, -0.25) is 14.5 Å². The number of amides is 1. The van der Waals surface area contributed by atoms with Crippen LogP contribution in [0.15, 0.2) is 47.4 Å². The molecule has 2 aromatic carbocycles. The molecule has 0 radical (unpaired) electrons. The second kappa shape index (κ2) is 11.2. The summed E-state index contributed by atoms with van der Waals surface area (Å²) in [4.78, 5) is 26.3. The Bertz CT molecular complexity index is 1030. The van der Waals surface area contributed by atoms with E-state index in [1.54, 1.807) is 19.3 Å². The Balaban J connectivity index is 1.69. The molecule has 1 saturated heterocycles. The average Bonchev–Trinajstić information content (AvgIpc) is 3.05. The SMILES string of the molecule is CCCOC(=O)CN1C(=O)/C(=C/c2ccc(OCc3ccc(C)cc3)c(OC)c2)SC1=S. The third-order valence-corrected chi connectivity index (χ3v) is 6.01. The Morgan fingerprint density at radius 3 is 2.59 bits per heavy atom. The summed E-state index contributed by atoms with van der Waals surface area (Å²) in [6.07, 6.45) is 2.44. The first-order valence-corrected chi connectivity index (χ1v) is 11.4. The van der Waals surface area contributed by atoms with E-state index in [9.17, 15) is 9.59 Å². The van der Waals surface area contributed by atoms with E-state index in [1.165, 1.54) is 10.5 Å². The maximum Gasteiger partial charge on any atom is 0.326 e. The third-order valence-electron chi connectivity index (χ3n) is 4.63. The predicted octanol–water partition coefficient (Wildman–Crippen LogP) is 4.74. The highest BCUT2D eigenvalue weighted by Crippen LogP contribution is 2.35. The number of nitrogens with zero attached hydrogens (tertiary/aromatic N) is 1. The first kappa shape index (κ1) is 23.8. The molecule has 2 aromatic rings. The third kappa shape index (κ3) is 6.11. The summed E-state index contributed by atoms with van der Waals surface area (Å²) in [5.41, 5.74) is 3.01. The van der Waals surface area contributed by atoms with Crippen LogP contribution in [-0.2, 0) is 20.9 Å². The number of hydrogen-bond acceptors (Lipinski definition) is 7. The van der Waals surface area contributed by atoms with Gasteiger partial charge in [0.2, 0.25) is 0 Å². The van der Waals surface area contributed by atoms with Crippen LogP contribution in [0.5, 0.6) is 11.5 Å². The largest absolute Gasteiger partial charge is 0.493 e. The molecule has 0 spiro atoms. The summed E-state index contributed by atoms with van der Waals surface area (Å²) in [7, 11) is 1.57. The molecule has 6 nitrogen and oxygen atoms in total. The van der Waals surface area contributed by atoms with Gasteiger partial charge in [0.05, 0.1) is 18.6 Å². The molecule has 32 heavy (non-hydrogen) atoms. The Kier molecular flexibility index (Phi) is 8.30. The van der Waals surface area contributed by atoms with E-state index >= 15 is 0 Å². The first-order valence-electron chi connectivity index (χ1n) is 10.2. The van der Waals surface area contributed by atoms with Crippen LogP contribution in [0.1, 0.15) is 30.0 Å². The standard InChI is InChI=1S/C24H25NO5S2/c1-4-11-29-22(26)14-25-23(27)21(32-24(25)31)13-18-9-10-19(20(12-18)28-3)30-15-17-7-5-16(2)6-8-17/h5-10,12-13H,4,11,14-15H2,1-3H3/b21-13-. The molecule has 1 fully saturated rings. The minimum Gasteiger partial charge on any atom is -0.493 e. The second-order valence-corrected chi connectivity index (χ2v) is 8.85. The summed E-state index contributed by atoms with van der Waals surface area (Å²) < 4.78 is 16.8. The van der Waals surface area contributed by atoms with E-state index in [4.69, 9.17) is 26.4 Å². The summed E-state index contributed by atoms with van der Waals surface area (Å²) >= 11 is 6.43. The Labute approximate surface area is 197 Å². The molecule has 0 N–H and O–H groups in total. The normalized spacial score (nSPS) is 14.7. The number of thioether (sulfide) groups is 1. The highest BCUT2D eigenvalue weighted by Gasteiger charge is 2.33. The number of benzene rings is 2. The average molecular weight is 472 g/mol. The van der Waals surface area contributed by atoms with Crippen LogP contribution in [0.2, 0.25) is 0 Å². The molecule has 8 heteroatoms. The minimum atomic E-state index is -0.471. The Morgan fingerprint density at radius 2 is 1.91 bits per heavy atom. The fourth-order valence-electron chi connectivity index (χ4n) is 2.92. The lowest BCUT2D eigenvalue weighted by Crippen LogP contribution is -2.34. The van der Waals surface area contributed by atoms with Gasteiger partial charge in [0.15, 0.2) is 11.5 Å². The van der Waals surface area contributed by atoms with Gasteiger partial charge in [0, 0.05) is 0 Å². The second-order valence-electron chi connectivity index (χ2n) is 7.17. The van der Waals surface area contributed by atoms with Gasteiger partial charge >= 0.3 is 5.97 Å². The van der Waals surface area contributed by atoms with Crippen LogP contribution in [0, 0.1) is 6.92 Å². The van der Waals surface area contributed by atoms with E-state index < -0.39 is 5.97 Å². The van der Waals surface area contributed by atoms with E-state index in [0.717, 1.165) is 29.3 Å². The van der Waals surface area contributed by atoms with Crippen LogP contribution in [0.25, 0.3) is 6.08 Å². The van der Waals surface area contributed by atoms with Crippen molar-refractivity contribution >= 4 is 46.3 Å². The summed E-state index contributed by atoms with van der Waals surface area (Å²) in [5.74, 6) is 0.384. The molecule has 0 saturated carbocycles. The molecule has 1 aliphatic heterocycles. The topological polar surface area (TPSA) is 65.1 Å². The molecule has 0 atom stereocenters. The van der Waals surface area contributed by atoms with Crippen LogP contribution in [0.3, 0.4) is 0 Å². The maximum atomic E-state index is 12.7. The quantitative estimate of drug-likeness (QED) is 0.297. The zero-order chi connectivity index (χ0) is 23.1. The van der Waals surface area contributed by atoms with Gasteiger partial charge in [0.25, 0.3) is 5.91 Å². The number of rotatable bonds is 9. The van der Waals surface area contributed by atoms with Crippen molar-refractivity contribution in [3.05, 3.63) is 64.1 Å². The number of thiocarbonyl (C=S) groups is 1. The number of ether oxygens (including phenoxy) is 3. The Hall–Kier alpha value is -2.84. The van der Waals surface area contributed by atoms with Crippen molar-refractivity contribution in [1.82, 2.24) is 4.90 Å². The number of methoxy groups -OCH3 is 1. The smallest absolute Gasteiger partial charge is 0.326 e. The fourth-order valence-corrected chi connectivity index (χ4v) is 4.17. The van der Waals surface area contributed by atoms with Gasteiger partial charge in [-0.15, -0.1) is 0 Å². The van der Waals surface area contributed by atoms with Crippen LogP contribution < -0.4 is 9.47 Å². The molecular formula is C24H25NO5S2. The van der Waals surface area contributed by atoms with Crippen LogP contribution in [0.4, 0.5) is 0 Å².